The molecule has 1 atom stereocenters. The zero-order valence-electron chi connectivity index (χ0n) is 15.3. The van der Waals surface area contributed by atoms with Gasteiger partial charge in [-0.15, -0.1) is 0 Å². The SMILES string of the molecule is COc1c[nH]c2ncc(-c3cnc4[nH]c(=O)n(C[C@H]5COCCO5)c4c3)cc12. The quantitative estimate of drug-likeness (QED) is 0.557. The van der Waals surface area contributed by atoms with Crippen molar-refractivity contribution in [3.05, 3.63) is 41.2 Å². The Kier molecular flexibility index (Phi) is 4.10. The molecule has 4 aromatic rings. The van der Waals surface area contributed by atoms with Crippen LogP contribution >= 0.6 is 0 Å². The van der Waals surface area contributed by atoms with Crippen molar-refractivity contribution in [1.82, 2.24) is 24.5 Å². The van der Waals surface area contributed by atoms with Crippen molar-refractivity contribution < 1.29 is 14.2 Å². The average Bonchev–Trinajstić information content (AvgIpc) is 3.28. The minimum Gasteiger partial charge on any atom is -0.494 e. The number of pyridine rings is 2. The third-order valence-electron chi connectivity index (χ3n) is 4.95. The summed E-state index contributed by atoms with van der Waals surface area (Å²) in [6, 6.07) is 3.93. The van der Waals surface area contributed by atoms with Gasteiger partial charge >= 0.3 is 5.69 Å². The Morgan fingerprint density at radius 1 is 1.21 bits per heavy atom. The van der Waals surface area contributed by atoms with Crippen molar-refractivity contribution in [2.45, 2.75) is 12.6 Å². The number of imidazole rings is 1. The zero-order valence-corrected chi connectivity index (χ0v) is 15.3. The van der Waals surface area contributed by atoms with Crippen molar-refractivity contribution in [1.29, 1.82) is 0 Å². The largest absolute Gasteiger partial charge is 0.494 e. The lowest BCUT2D eigenvalue weighted by molar-refractivity contribution is -0.0934. The number of fused-ring (bicyclic) bond motifs is 2. The predicted molar refractivity (Wildman–Crippen MR) is 103 cm³/mol. The molecule has 0 bridgehead atoms. The molecule has 0 amide bonds. The summed E-state index contributed by atoms with van der Waals surface area (Å²) in [7, 11) is 1.62. The summed E-state index contributed by atoms with van der Waals surface area (Å²) in [5.41, 5.74) is 3.55. The van der Waals surface area contributed by atoms with Crippen LogP contribution in [0, 0.1) is 0 Å². The first-order chi connectivity index (χ1) is 13.7. The standard InChI is InChI=1S/C19H19N5O4/c1-26-16-8-22-17-14(16)4-11(6-20-17)12-5-15-18(21-7-12)23-19(25)24(15)9-13-10-27-2-3-28-13/h4-8,13H,2-3,9-10H2,1H3,(H,20,22)(H,21,23,25)/t13-/m0/s1. The third kappa shape index (κ3) is 2.85. The van der Waals surface area contributed by atoms with Gasteiger partial charge in [0.05, 0.1) is 50.5 Å². The van der Waals surface area contributed by atoms with Gasteiger partial charge in [0.2, 0.25) is 0 Å². The van der Waals surface area contributed by atoms with Crippen LogP contribution < -0.4 is 10.4 Å². The number of ether oxygens (including phenoxy) is 3. The van der Waals surface area contributed by atoms with Crippen molar-refractivity contribution in [3.63, 3.8) is 0 Å². The number of rotatable bonds is 4. The summed E-state index contributed by atoms with van der Waals surface area (Å²) in [6.45, 7) is 2.01. The van der Waals surface area contributed by atoms with E-state index < -0.39 is 0 Å². The Morgan fingerprint density at radius 2 is 2.04 bits per heavy atom. The molecule has 9 heteroatoms. The summed E-state index contributed by atoms with van der Waals surface area (Å²) in [4.78, 5) is 27.2. The number of nitrogens with one attached hydrogen (secondary N) is 2. The summed E-state index contributed by atoms with van der Waals surface area (Å²) in [5.74, 6) is 0.728. The van der Waals surface area contributed by atoms with Crippen LogP contribution in [-0.2, 0) is 16.0 Å². The molecule has 0 aliphatic carbocycles. The Balaban J connectivity index is 1.57. The third-order valence-corrected chi connectivity index (χ3v) is 4.95. The Labute approximate surface area is 159 Å². The number of methoxy groups -OCH3 is 1. The number of hydrogen-bond acceptors (Lipinski definition) is 6. The summed E-state index contributed by atoms with van der Waals surface area (Å²) < 4.78 is 18.1. The fourth-order valence-corrected chi connectivity index (χ4v) is 3.52. The second-order valence-electron chi connectivity index (χ2n) is 6.68. The maximum atomic E-state index is 12.4. The van der Waals surface area contributed by atoms with Crippen molar-refractivity contribution in [2.24, 2.45) is 0 Å². The average molecular weight is 381 g/mol. The summed E-state index contributed by atoms with van der Waals surface area (Å²) in [5, 5.41) is 0.888. The molecule has 28 heavy (non-hydrogen) atoms. The highest BCUT2D eigenvalue weighted by Crippen LogP contribution is 2.29. The molecule has 5 heterocycles. The van der Waals surface area contributed by atoms with Gasteiger partial charge in [-0.25, -0.2) is 14.8 Å². The number of aromatic nitrogens is 5. The molecule has 9 nitrogen and oxygen atoms in total. The van der Waals surface area contributed by atoms with E-state index in [0.29, 0.717) is 32.0 Å². The van der Waals surface area contributed by atoms with E-state index in [2.05, 4.69) is 19.9 Å². The van der Waals surface area contributed by atoms with Crippen LogP contribution in [0.3, 0.4) is 0 Å². The summed E-state index contributed by atoms with van der Waals surface area (Å²) >= 11 is 0. The van der Waals surface area contributed by atoms with Gasteiger partial charge in [0.25, 0.3) is 0 Å². The van der Waals surface area contributed by atoms with Crippen molar-refractivity contribution in [2.75, 3.05) is 26.9 Å². The normalized spacial score (nSPS) is 17.4. The lowest BCUT2D eigenvalue weighted by Crippen LogP contribution is -2.34. The molecule has 0 saturated carbocycles. The minimum absolute atomic E-state index is 0.156. The van der Waals surface area contributed by atoms with Crippen LogP contribution in [0.4, 0.5) is 0 Å². The highest BCUT2D eigenvalue weighted by molar-refractivity contribution is 5.88. The second-order valence-corrected chi connectivity index (χ2v) is 6.68. The summed E-state index contributed by atoms with van der Waals surface area (Å²) in [6.07, 6.45) is 5.12. The maximum absolute atomic E-state index is 12.4. The van der Waals surface area contributed by atoms with Gasteiger partial charge < -0.3 is 19.2 Å². The fourth-order valence-electron chi connectivity index (χ4n) is 3.52. The highest BCUT2D eigenvalue weighted by atomic mass is 16.6. The number of hydrogen-bond donors (Lipinski definition) is 2. The first kappa shape index (κ1) is 17.0. The lowest BCUT2D eigenvalue weighted by atomic mass is 10.1. The molecular weight excluding hydrogens is 362 g/mol. The van der Waals surface area contributed by atoms with E-state index >= 15 is 0 Å². The molecule has 5 rings (SSSR count). The minimum atomic E-state index is -0.213. The Hall–Kier alpha value is -3.17. The van der Waals surface area contributed by atoms with Crippen LogP contribution in [0.15, 0.2) is 35.5 Å². The smallest absolute Gasteiger partial charge is 0.327 e. The number of nitrogens with zero attached hydrogens (tertiary/aromatic N) is 3. The van der Waals surface area contributed by atoms with Crippen LogP contribution in [0.2, 0.25) is 0 Å². The molecule has 1 aliphatic rings. The molecule has 1 aliphatic heterocycles. The zero-order chi connectivity index (χ0) is 19.1. The van der Waals surface area contributed by atoms with E-state index in [1.807, 2.05) is 12.1 Å². The lowest BCUT2D eigenvalue weighted by Gasteiger charge is -2.23. The second kappa shape index (κ2) is 6.77. The molecule has 4 aromatic heterocycles. The molecule has 1 fully saturated rings. The first-order valence-electron chi connectivity index (χ1n) is 9.02. The molecule has 1 saturated heterocycles. The first-order valence-corrected chi connectivity index (χ1v) is 9.02. The van der Waals surface area contributed by atoms with E-state index in [1.165, 1.54) is 0 Å². The number of aromatic amines is 2. The van der Waals surface area contributed by atoms with Gasteiger partial charge in [0.15, 0.2) is 5.65 Å². The topological polar surface area (TPSA) is 107 Å². The fraction of sp³-hybridized carbons (Fsp3) is 0.316. The molecule has 2 N–H and O–H groups in total. The van der Waals surface area contributed by atoms with Gasteiger partial charge in [-0.3, -0.25) is 9.55 Å². The van der Waals surface area contributed by atoms with Crippen LogP contribution in [0.1, 0.15) is 0 Å². The molecular formula is C19H19N5O4. The maximum Gasteiger partial charge on any atom is 0.327 e. The predicted octanol–water partition coefficient (Wildman–Crippen LogP) is 1.69. The van der Waals surface area contributed by atoms with Gasteiger partial charge in [-0.2, -0.15) is 0 Å². The van der Waals surface area contributed by atoms with E-state index in [4.69, 9.17) is 14.2 Å². The molecule has 0 aromatic carbocycles. The van der Waals surface area contributed by atoms with E-state index in [-0.39, 0.29) is 11.8 Å². The Bertz CT molecular complexity index is 1200. The molecule has 0 unspecified atom stereocenters. The molecule has 0 spiro atoms. The number of H-pyrrole nitrogens is 2. The van der Waals surface area contributed by atoms with Crippen molar-refractivity contribution >= 4 is 22.2 Å². The van der Waals surface area contributed by atoms with Gasteiger partial charge in [-0.1, -0.05) is 0 Å². The monoisotopic (exact) mass is 381 g/mol. The van der Waals surface area contributed by atoms with Gasteiger partial charge in [0.1, 0.15) is 11.4 Å². The van der Waals surface area contributed by atoms with Crippen LogP contribution in [0.5, 0.6) is 5.75 Å². The van der Waals surface area contributed by atoms with Gasteiger partial charge in [-0.05, 0) is 12.1 Å². The molecule has 0 radical (unpaired) electrons. The van der Waals surface area contributed by atoms with Crippen LogP contribution in [0.25, 0.3) is 33.3 Å². The van der Waals surface area contributed by atoms with Crippen molar-refractivity contribution in [3.8, 4) is 16.9 Å². The van der Waals surface area contributed by atoms with Gasteiger partial charge in [0, 0.05) is 29.7 Å². The van der Waals surface area contributed by atoms with E-state index in [9.17, 15) is 4.79 Å². The van der Waals surface area contributed by atoms with Crippen LogP contribution in [-0.4, -0.2) is 57.5 Å². The Morgan fingerprint density at radius 3 is 2.82 bits per heavy atom. The van der Waals surface area contributed by atoms with E-state index in [1.54, 1.807) is 30.3 Å². The van der Waals surface area contributed by atoms with E-state index in [0.717, 1.165) is 33.4 Å². The molecule has 144 valence electrons. The highest BCUT2D eigenvalue weighted by Gasteiger charge is 2.19.